The van der Waals surface area contributed by atoms with Crippen molar-refractivity contribution in [3.8, 4) is 0 Å². The molecule has 0 radical (unpaired) electrons. The minimum atomic E-state index is 0.121. The predicted molar refractivity (Wildman–Crippen MR) is 78.1 cm³/mol. The van der Waals surface area contributed by atoms with E-state index in [1.165, 1.54) is 0 Å². The lowest BCUT2D eigenvalue weighted by atomic mass is 9.74. The fourth-order valence-electron chi connectivity index (χ4n) is 3.53. The van der Waals surface area contributed by atoms with Crippen LogP contribution in [0.1, 0.15) is 31.9 Å². The molecule has 0 aromatic carbocycles. The minimum Gasteiger partial charge on any atom is -0.381 e. The van der Waals surface area contributed by atoms with Gasteiger partial charge in [-0.05, 0) is 49.8 Å². The molecule has 1 aromatic heterocycles. The SMILES string of the molecule is CC1N(C(=O)/C=C/c2ccc[nH]2)CCC12CCOCC2. The van der Waals surface area contributed by atoms with Crippen LogP contribution in [0.2, 0.25) is 0 Å². The second kappa shape index (κ2) is 5.44. The van der Waals surface area contributed by atoms with Crippen molar-refractivity contribution >= 4 is 12.0 Å². The number of likely N-dealkylation sites (tertiary alicyclic amines) is 1. The van der Waals surface area contributed by atoms with Crippen molar-refractivity contribution in [2.45, 2.75) is 32.2 Å². The molecule has 1 spiro atoms. The van der Waals surface area contributed by atoms with Gasteiger partial charge in [-0.3, -0.25) is 4.79 Å². The minimum absolute atomic E-state index is 0.121. The van der Waals surface area contributed by atoms with Gasteiger partial charge < -0.3 is 14.6 Å². The lowest BCUT2D eigenvalue weighted by Crippen LogP contribution is -2.42. The van der Waals surface area contributed by atoms with Gasteiger partial charge in [-0.1, -0.05) is 0 Å². The molecule has 1 aromatic rings. The highest BCUT2D eigenvalue weighted by Gasteiger charge is 2.46. The van der Waals surface area contributed by atoms with Gasteiger partial charge in [0.15, 0.2) is 0 Å². The molecule has 0 saturated carbocycles. The monoisotopic (exact) mass is 274 g/mol. The number of carbonyl (C=O) groups is 1. The van der Waals surface area contributed by atoms with E-state index in [9.17, 15) is 4.79 Å². The van der Waals surface area contributed by atoms with E-state index in [0.29, 0.717) is 6.04 Å². The fourth-order valence-corrected chi connectivity index (χ4v) is 3.53. The van der Waals surface area contributed by atoms with Crippen molar-refractivity contribution in [3.63, 3.8) is 0 Å². The number of amides is 1. The second-order valence-electron chi connectivity index (χ2n) is 5.89. The highest BCUT2D eigenvalue weighted by Crippen LogP contribution is 2.44. The molecule has 2 saturated heterocycles. The number of aromatic amines is 1. The van der Waals surface area contributed by atoms with Crippen LogP contribution in [0.4, 0.5) is 0 Å². The Hall–Kier alpha value is -1.55. The summed E-state index contributed by atoms with van der Waals surface area (Å²) in [6.45, 7) is 4.74. The molecular weight excluding hydrogens is 252 g/mol. The van der Waals surface area contributed by atoms with Gasteiger partial charge in [0.25, 0.3) is 0 Å². The standard InChI is InChI=1S/C16H22N2O2/c1-13-16(7-11-20-12-8-16)6-10-18(13)15(19)5-4-14-3-2-9-17-14/h2-5,9,13,17H,6-8,10-12H2,1H3/b5-4+. The largest absolute Gasteiger partial charge is 0.381 e. The van der Waals surface area contributed by atoms with E-state index in [1.54, 1.807) is 6.08 Å². The van der Waals surface area contributed by atoms with Crippen molar-refractivity contribution in [1.29, 1.82) is 0 Å². The smallest absolute Gasteiger partial charge is 0.246 e. The molecule has 0 bridgehead atoms. The van der Waals surface area contributed by atoms with E-state index in [4.69, 9.17) is 4.74 Å². The maximum atomic E-state index is 12.4. The first kappa shape index (κ1) is 13.4. The van der Waals surface area contributed by atoms with Crippen LogP contribution in [0.5, 0.6) is 0 Å². The first-order valence-electron chi connectivity index (χ1n) is 7.41. The van der Waals surface area contributed by atoms with E-state index in [2.05, 4.69) is 11.9 Å². The number of hydrogen-bond acceptors (Lipinski definition) is 2. The van der Waals surface area contributed by atoms with Gasteiger partial charge in [-0.25, -0.2) is 0 Å². The number of nitrogens with zero attached hydrogens (tertiary/aromatic N) is 1. The van der Waals surface area contributed by atoms with Gasteiger partial charge in [0.05, 0.1) is 0 Å². The van der Waals surface area contributed by atoms with Crippen molar-refractivity contribution in [2.75, 3.05) is 19.8 Å². The zero-order valence-electron chi connectivity index (χ0n) is 12.0. The highest BCUT2D eigenvalue weighted by molar-refractivity contribution is 5.92. The molecule has 1 N–H and O–H groups in total. The summed E-state index contributed by atoms with van der Waals surface area (Å²) < 4.78 is 5.48. The summed E-state index contributed by atoms with van der Waals surface area (Å²) in [6, 6.07) is 4.20. The third-order valence-electron chi connectivity index (χ3n) is 5.00. The Labute approximate surface area is 119 Å². The average molecular weight is 274 g/mol. The molecule has 2 fully saturated rings. The van der Waals surface area contributed by atoms with Crippen LogP contribution in [0.3, 0.4) is 0 Å². The van der Waals surface area contributed by atoms with Crippen LogP contribution < -0.4 is 0 Å². The molecule has 3 rings (SSSR count). The quantitative estimate of drug-likeness (QED) is 0.842. The number of hydrogen-bond donors (Lipinski definition) is 1. The molecule has 0 aliphatic carbocycles. The summed E-state index contributed by atoms with van der Waals surface area (Å²) in [4.78, 5) is 17.5. The van der Waals surface area contributed by atoms with Gasteiger partial charge in [0, 0.05) is 43.8 Å². The summed E-state index contributed by atoms with van der Waals surface area (Å²) in [5.74, 6) is 0.121. The molecule has 4 nitrogen and oxygen atoms in total. The van der Waals surface area contributed by atoms with Crippen LogP contribution in [0, 0.1) is 5.41 Å². The van der Waals surface area contributed by atoms with E-state index >= 15 is 0 Å². The zero-order valence-corrected chi connectivity index (χ0v) is 12.0. The lowest BCUT2D eigenvalue weighted by Gasteiger charge is -2.38. The number of nitrogens with one attached hydrogen (secondary N) is 1. The second-order valence-corrected chi connectivity index (χ2v) is 5.89. The Morgan fingerprint density at radius 2 is 2.25 bits per heavy atom. The summed E-state index contributed by atoms with van der Waals surface area (Å²) >= 11 is 0. The molecular formula is C16H22N2O2. The third kappa shape index (κ3) is 2.40. The van der Waals surface area contributed by atoms with Crippen molar-refractivity contribution in [2.24, 2.45) is 5.41 Å². The number of H-pyrrole nitrogens is 1. The van der Waals surface area contributed by atoms with Crippen molar-refractivity contribution in [1.82, 2.24) is 9.88 Å². The van der Waals surface area contributed by atoms with Crippen LogP contribution in [0.25, 0.3) is 6.08 Å². The van der Waals surface area contributed by atoms with Crippen LogP contribution >= 0.6 is 0 Å². The fraction of sp³-hybridized carbons (Fsp3) is 0.562. The number of ether oxygens (including phenoxy) is 1. The summed E-state index contributed by atoms with van der Waals surface area (Å²) in [6.07, 6.45) is 8.67. The zero-order chi connectivity index (χ0) is 14.0. The Balaban J connectivity index is 1.67. The lowest BCUT2D eigenvalue weighted by molar-refractivity contribution is -0.128. The molecule has 3 heterocycles. The van der Waals surface area contributed by atoms with E-state index in [-0.39, 0.29) is 11.3 Å². The van der Waals surface area contributed by atoms with Gasteiger partial charge in [0.2, 0.25) is 5.91 Å². The first-order valence-corrected chi connectivity index (χ1v) is 7.41. The van der Waals surface area contributed by atoms with Gasteiger partial charge in [0.1, 0.15) is 0 Å². The molecule has 2 aliphatic heterocycles. The molecule has 2 aliphatic rings. The van der Waals surface area contributed by atoms with E-state index < -0.39 is 0 Å². The molecule has 108 valence electrons. The van der Waals surface area contributed by atoms with Crippen LogP contribution in [-0.4, -0.2) is 41.6 Å². The Bertz CT molecular complexity index is 487. The summed E-state index contributed by atoms with van der Waals surface area (Å²) in [5, 5.41) is 0. The Morgan fingerprint density at radius 1 is 1.45 bits per heavy atom. The van der Waals surface area contributed by atoms with E-state index in [1.807, 2.05) is 29.3 Å². The van der Waals surface area contributed by atoms with Gasteiger partial charge in [-0.15, -0.1) is 0 Å². The first-order chi connectivity index (χ1) is 9.71. The average Bonchev–Trinajstić information content (AvgIpc) is 3.08. The van der Waals surface area contributed by atoms with Crippen molar-refractivity contribution < 1.29 is 9.53 Å². The predicted octanol–water partition coefficient (Wildman–Crippen LogP) is 2.45. The normalized spacial score (nSPS) is 25.6. The molecule has 1 amide bonds. The highest BCUT2D eigenvalue weighted by atomic mass is 16.5. The van der Waals surface area contributed by atoms with Crippen LogP contribution in [-0.2, 0) is 9.53 Å². The third-order valence-corrected chi connectivity index (χ3v) is 5.00. The topological polar surface area (TPSA) is 45.3 Å². The summed E-state index contributed by atoms with van der Waals surface area (Å²) in [7, 11) is 0. The maximum Gasteiger partial charge on any atom is 0.246 e. The molecule has 20 heavy (non-hydrogen) atoms. The molecule has 4 heteroatoms. The molecule has 1 atom stereocenters. The Kier molecular flexibility index (Phi) is 3.66. The number of carbonyl (C=O) groups excluding carboxylic acids is 1. The Morgan fingerprint density at radius 3 is 2.95 bits per heavy atom. The molecule has 1 unspecified atom stereocenters. The van der Waals surface area contributed by atoms with Gasteiger partial charge in [-0.2, -0.15) is 0 Å². The number of aromatic nitrogens is 1. The van der Waals surface area contributed by atoms with Gasteiger partial charge >= 0.3 is 0 Å². The maximum absolute atomic E-state index is 12.4. The number of rotatable bonds is 2. The van der Waals surface area contributed by atoms with E-state index in [0.717, 1.165) is 44.7 Å². The van der Waals surface area contributed by atoms with Crippen LogP contribution in [0.15, 0.2) is 24.4 Å². The van der Waals surface area contributed by atoms with Crippen molar-refractivity contribution in [3.05, 3.63) is 30.1 Å². The summed E-state index contributed by atoms with van der Waals surface area (Å²) in [5.41, 5.74) is 1.25.